The molecule has 0 spiro atoms. The van der Waals surface area contributed by atoms with Crippen LogP contribution in [0.25, 0.3) is 0 Å². The number of rotatable bonds is 5. The van der Waals surface area contributed by atoms with E-state index in [9.17, 15) is 18.8 Å². The lowest BCUT2D eigenvalue weighted by Crippen LogP contribution is -2.28. The van der Waals surface area contributed by atoms with Gasteiger partial charge in [0.05, 0.1) is 10.9 Å². The van der Waals surface area contributed by atoms with Crippen LogP contribution in [0.5, 0.6) is 0 Å². The van der Waals surface area contributed by atoms with Crippen molar-refractivity contribution in [2.24, 2.45) is 5.92 Å². The number of amides is 3. The van der Waals surface area contributed by atoms with Crippen LogP contribution in [0.1, 0.15) is 16.8 Å². The predicted octanol–water partition coefficient (Wildman–Crippen LogP) is 4.72. The lowest BCUT2D eigenvalue weighted by Gasteiger charge is -2.16. The fraction of sp³-hybridized carbons (Fsp3) is 0.125. The molecule has 0 radical (unpaired) electrons. The van der Waals surface area contributed by atoms with E-state index in [1.54, 1.807) is 29.2 Å². The summed E-state index contributed by atoms with van der Waals surface area (Å²) in [6, 6.07) is 19.5. The Morgan fingerprint density at radius 2 is 1.62 bits per heavy atom. The highest BCUT2D eigenvalue weighted by molar-refractivity contribution is 6.31. The Kier molecular flexibility index (Phi) is 6.18. The second kappa shape index (κ2) is 9.20. The fourth-order valence-corrected chi connectivity index (χ4v) is 3.65. The molecular formula is C24H19ClFN3O3. The number of hydrogen-bond donors (Lipinski definition) is 2. The molecule has 2 N–H and O–H groups in total. The summed E-state index contributed by atoms with van der Waals surface area (Å²) >= 11 is 5.73. The minimum absolute atomic E-state index is 0.0860. The number of nitrogens with zero attached hydrogens (tertiary/aromatic N) is 1. The third kappa shape index (κ3) is 4.78. The van der Waals surface area contributed by atoms with Crippen molar-refractivity contribution in [3.63, 3.8) is 0 Å². The highest BCUT2D eigenvalue weighted by Gasteiger charge is 2.35. The fourth-order valence-electron chi connectivity index (χ4n) is 3.47. The highest BCUT2D eigenvalue weighted by atomic mass is 35.5. The smallest absolute Gasteiger partial charge is 0.255 e. The lowest BCUT2D eigenvalue weighted by molar-refractivity contribution is -0.122. The first-order valence-electron chi connectivity index (χ1n) is 9.93. The molecule has 32 heavy (non-hydrogen) atoms. The Morgan fingerprint density at radius 3 is 2.31 bits per heavy atom. The van der Waals surface area contributed by atoms with Crippen molar-refractivity contribution >= 4 is 46.4 Å². The molecular weight excluding hydrogens is 433 g/mol. The Bertz CT molecular complexity index is 1170. The number of anilines is 3. The van der Waals surface area contributed by atoms with Crippen LogP contribution in [0, 0.1) is 11.7 Å². The van der Waals surface area contributed by atoms with Crippen LogP contribution in [0.3, 0.4) is 0 Å². The number of nitrogens with one attached hydrogen (secondary N) is 2. The standard InChI is InChI=1S/C24H19ClFN3O3/c25-20-13-18(10-11-21(20)26)28-23(31)15-6-8-17(9-7-15)27-24(32)16-12-22(30)29(14-16)19-4-2-1-3-5-19/h1-11,13,16H,12,14H2,(H,27,32)(H,28,31). The van der Waals surface area contributed by atoms with Gasteiger partial charge in [0.2, 0.25) is 11.8 Å². The summed E-state index contributed by atoms with van der Waals surface area (Å²) in [7, 11) is 0. The van der Waals surface area contributed by atoms with Gasteiger partial charge in [-0.15, -0.1) is 0 Å². The van der Waals surface area contributed by atoms with Crippen molar-refractivity contribution in [1.29, 1.82) is 0 Å². The van der Waals surface area contributed by atoms with Crippen LogP contribution in [-0.4, -0.2) is 24.3 Å². The molecule has 1 unspecified atom stereocenters. The van der Waals surface area contributed by atoms with E-state index in [1.165, 1.54) is 18.2 Å². The highest BCUT2D eigenvalue weighted by Crippen LogP contribution is 2.26. The molecule has 1 aliphatic heterocycles. The average molecular weight is 452 g/mol. The van der Waals surface area contributed by atoms with Crippen molar-refractivity contribution in [2.45, 2.75) is 6.42 Å². The Labute approximate surface area is 189 Å². The van der Waals surface area contributed by atoms with Gasteiger partial charge in [-0.05, 0) is 54.6 Å². The summed E-state index contributed by atoms with van der Waals surface area (Å²) in [5, 5.41) is 5.35. The van der Waals surface area contributed by atoms with E-state index < -0.39 is 17.6 Å². The van der Waals surface area contributed by atoms with Gasteiger partial charge in [-0.3, -0.25) is 14.4 Å². The number of carbonyl (C=O) groups is 3. The number of para-hydroxylation sites is 1. The van der Waals surface area contributed by atoms with Crippen LogP contribution in [0.4, 0.5) is 21.5 Å². The van der Waals surface area contributed by atoms with Crippen molar-refractivity contribution in [3.8, 4) is 0 Å². The summed E-state index contributed by atoms with van der Waals surface area (Å²) in [4.78, 5) is 39.0. The van der Waals surface area contributed by atoms with Crippen molar-refractivity contribution in [1.82, 2.24) is 0 Å². The molecule has 3 aromatic carbocycles. The van der Waals surface area contributed by atoms with Gasteiger partial charge < -0.3 is 15.5 Å². The largest absolute Gasteiger partial charge is 0.326 e. The van der Waals surface area contributed by atoms with Crippen molar-refractivity contribution in [2.75, 3.05) is 22.1 Å². The monoisotopic (exact) mass is 451 g/mol. The Balaban J connectivity index is 1.36. The quantitative estimate of drug-likeness (QED) is 0.589. The number of hydrogen-bond acceptors (Lipinski definition) is 3. The maximum atomic E-state index is 13.2. The number of halogens is 2. The van der Waals surface area contributed by atoms with Gasteiger partial charge in [-0.2, -0.15) is 0 Å². The molecule has 0 aromatic heterocycles. The molecule has 6 nitrogen and oxygen atoms in total. The van der Waals surface area contributed by atoms with Crippen LogP contribution < -0.4 is 15.5 Å². The van der Waals surface area contributed by atoms with Crippen LogP contribution in [0.2, 0.25) is 5.02 Å². The zero-order chi connectivity index (χ0) is 22.7. The van der Waals surface area contributed by atoms with Crippen molar-refractivity contribution in [3.05, 3.63) is 89.2 Å². The molecule has 3 aromatic rings. The zero-order valence-electron chi connectivity index (χ0n) is 16.8. The summed E-state index contributed by atoms with van der Waals surface area (Å²) in [5.74, 6) is -1.78. The second-order valence-corrected chi connectivity index (χ2v) is 7.80. The van der Waals surface area contributed by atoms with Gasteiger partial charge >= 0.3 is 0 Å². The van der Waals surface area contributed by atoms with E-state index in [-0.39, 0.29) is 23.3 Å². The molecule has 0 aliphatic carbocycles. The Morgan fingerprint density at radius 1 is 0.938 bits per heavy atom. The van der Waals surface area contributed by atoms with Gasteiger partial charge in [0.25, 0.3) is 5.91 Å². The topological polar surface area (TPSA) is 78.5 Å². The molecule has 8 heteroatoms. The molecule has 0 bridgehead atoms. The van der Waals surface area contributed by atoms with E-state index in [1.807, 2.05) is 30.3 Å². The van der Waals surface area contributed by atoms with E-state index >= 15 is 0 Å². The summed E-state index contributed by atoms with van der Waals surface area (Å²) in [6.07, 6.45) is 0.140. The molecule has 4 rings (SSSR count). The first-order chi connectivity index (χ1) is 15.4. The second-order valence-electron chi connectivity index (χ2n) is 7.39. The minimum Gasteiger partial charge on any atom is -0.326 e. The maximum absolute atomic E-state index is 13.2. The molecule has 1 atom stereocenters. The van der Waals surface area contributed by atoms with Crippen LogP contribution in [-0.2, 0) is 9.59 Å². The van der Waals surface area contributed by atoms with E-state index in [0.29, 0.717) is 23.5 Å². The summed E-state index contributed by atoms with van der Waals surface area (Å²) in [5.41, 5.74) is 2.01. The SMILES string of the molecule is O=C(Nc1ccc(F)c(Cl)c1)c1ccc(NC(=O)C2CC(=O)N(c3ccccc3)C2)cc1. The lowest BCUT2D eigenvalue weighted by atomic mass is 10.1. The first kappa shape index (κ1) is 21.5. The molecule has 0 saturated carbocycles. The number of carbonyl (C=O) groups excluding carboxylic acids is 3. The predicted molar refractivity (Wildman–Crippen MR) is 121 cm³/mol. The van der Waals surface area contributed by atoms with E-state index in [4.69, 9.17) is 11.6 Å². The van der Waals surface area contributed by atoms with Gasteiger partial charge in [0, 0.05) is 35.6 Å². The van der Waals surface area contributed by atoms with Crippen molar-refractivity contribution < 1.29 is 18.8 Å². The molecule has 3 amide bonds. The third-order valence-electron chi connectivity index (χ3n) is 5.16. The van der Waals surface area contributed by atoms with Gasteiger partial charge in [-0.1, -0.05) is 29.8 Å². The Hall–Kier alpha value is -3.71. The van der Waals surface area contributed by atoms with E-state index in [0.717, 1.165) is 5.69 Å². The van der Waals surface area contributed by atoms with Gasteiger partial charge in [-0.25, -0.2) is 4.39 Å². The van der Waals surface area contributed by atoms with Gasteiger partial charge in [0.1, 0.15) is 5.82 Å². The molecule has 1 aliphatic rings. The molecule has 1 heterocycles. The molecule has 162 valence electrons. The zero-order valence-corrected chi connectivity index (χ0v) is 17.6. The maximum Gasteiger partial charge on any atom is 0.255 e. The van der Waals surface area contributed by atoms with Crippen LogP contribution in [0.15, 0.2) is 72.8 Å². The average Bonchev–Trinajstić information content (AvgIpc) is 3.19. The van der Waals surface area contributed by atoms with Crippen LogP contribution >= 0.6 is 11.6 Å². The van der Waals surface area contributed by atoms with Gasteiger partial charge in [0.15, 0.2) is 0 Å². The molecule has 1 fully saturated rings. The molecule has 1 saturated heterocycles. The minimum atomic E-state index is -0.569. The van der Waals surface area contributed by atoms with E-state index in [2.05, 4.69) is 10.6 Å². The number of benzene rings is 3. The normalized spacial score (nSPS) is 15.5. The third-order valence-corrected chi connectivity index (χ3v) is 5.45. The summed E-state index contributed by atoms with van der Waals surface area (Å²) < 4.78 is 13.2. The summed E-state index contributed by atoms with van der Waals surface area (Å²) in [6.45, 7) is 0.315. The first-order valence-corrected chi connectivity index (χ1v) is 10.3.